The van der Waals surface area contributed by atoms with E-state index in [1.165, 1.54) is 29.2 Å². The Morgan fingerprint density at radius 2 is 1.86 bits per heavy atom. The summed E-state index contributed by atoms with van der Waals surface area (Å²) in [6.07, 6.45) is -0.305. The summed E-state index contributed by atoms with van der Waals surface area (Å²) < 4.78 is 34.0. The first-order valence-electron chi connectivity index (χ1n) is 8.90. The Hall–Kier alpha value is -2.75. The maximum absolute atomic E-state index is 12.7. The van der Waals surface area contributed by atoms with Crippen molar-refractivity contribution in [1.82, 2.24) is 5.32 Å². The van der Waals surface area contributed by atoms with E-state index in [9.17, 15) is 23.2 Å². The van der Waals surface area contributed by atoms with Crippen LogP contribution in [-0.4, -0.2) is 54.3 Å². The number of nitrogens with zero attached hydrogens (tertiary/aromatic N) is 1. The molecule has 0 aliphatic carbocycles. The summed E-state index contributed by atoms with van der Waals surface area (Å²) in [6, 6.07) is 4.92. The van der Waals surface area contributed by atoms with E-state index in [2.05, 4.69) is 10.1 Å². The molecule has 0 saturated carbocycles. The molecule has 0 radical (unpaired) electrons. The first kappa shape index (κ1) is 20.0. The second-order valence-electron chi connectivity index (χ2n) is 6.59. The largest absolute Gasteiger partial charge is 0.479 e. The predicted octanol–water partition coefficient (Wildman–Crippen LogP) is 1.53. The molecule has 8 nitrogen and oxygen atoms in total. The minimum atomic E-state index is -2.93. The van der Waals surface area contributed by atoms with E-state index in [4.69, 9.17) is 9.84 Å². The Morgan fingerprint density at radius 3 is 2.46 bits per heavy atom. The zero-order valence-electron chi connectivity index (χ0n) is 14.8. The smallest absolute Gasteiger partial charge is 0.387 e. The van der Waals surface area contributed by atoms with Crippen LogP contribution in [0, 0.1) is 0 Å². The molecular formula is C18H20F2N2O6. The molecule has 1 aromatic rings. The number of carboxylic acids is 1. The van der Waals surface area contributed by atoms with E-state index < -0.39 is 36.7 Å². The van der Waals surface area contributed by atoms with Gasteiger partial charge < -0.3 is 24.8 Å². The monoisotopic (exact) mass is 398 g/mol. The average molecular weight is 398 g/mol. The highest BCUT2D eigenvalue weighted by molar-refractivity contribution is 6.00. The maximum Gasteiger partial charge on any atom is 0.387 e. The number of benzene rings is 1. The van der Waals surface area contributed by atoms with Crippen molar-refractivity contribution in [2.24, 2.45) is 0 Å². The average Bonchev–Trinajstić information content (AvgIpc) is 3.14. The lowest BCUT2D eigenvalue weighted by Crippen LogP contribution is -2.54. The quantitative estimate of drug-likeness (QED) is 0.753. The summed E-state index contributed by atoms with van der Waals surface area (Å²) in [5, 5.41) is 11.6. The number of aliphatic carboxylic acids is 1. The van der Waals surface area contributed by atoms with Crippen LogP contribution in [0.4, 0.5) is 14.5 Å². The zero-order chi connectivity index (χ0) is 20.3. The van der Waals surface area contributed by atoms with Crippen LogP contribution < -0.4 is 15.0 Å². The molecular weight excluding hydrogens is 378 g/mol. The Labute approximate surface area is 159 Å². The van der Waals surface area contributed by atoms with Crippen molar-refractivity contribution in [2.45, 2.75) is 50.5 Å². The molecule has 3 rings (SSSR count). The zero-order valence-corrected chi connectivity index (χ0v) is 14.8. The third-order valence-corrected chi connectivity index (χ3v) is 4.72. The van der Waals surface area contributed by atoms with Crippen LogP contribution >= 0.6 is 0 Å². The van der Waals surface area contributed by atoms with Gasteiger partial charge in [0.05, 0.1) is 0 Å². The van der Waals surface area contributed by atoms with Gasteiger partial charge in [0.25, 0.3) is 0 Å². The molecule has 0 spiro atoms. The van der Waals surface area contributed by atoms with Gasteiger partial charge in [-0.15, -0.1) is 0 Å². The number of anilines is 1. The van der Waals surface area contributed by atoms with Crippen LogP contribution in [0.5, 0.6) is 5.75 Å². The van der Waals surface area contributed by atoms with Crippen molar-refractivity contribution in [3.8, 4) is 5.75 Å². The summed E-state index contributed by atoms with van der Waals surface area (Å²) in [5.41, 5.74) is 0.508. The molecule has 2 fully saturated rings. The number of carbonyl (C=O) groups excluding carboxylic acids is 2. The number of carbonyl (C=O) groups is 3. The van der Waals surface area contributed by atoms with Crippen LogP contribution in [0.1, 0.15) is 25.7 Å². The van der Waals surface area contributed by atoms with Crippen molar-refractivity contribution in [2.75, 3.05) is 11.4 Å². The minimum absolute atomic E-state index is 0.0144. The highest BCUT2D eigenvalue weighted by Crippen LogP contribution is 2.25. The Kier molecular flexibility index (Phi) is 6.08. The second-order valence-corrected chi connectivity index (χ2v) is 6.59. The van der Waals surface area contributed by atoms with Gasteiger partial charge in [0.2, 0.25) is 11.8 Å². The van der Waals surface area contributed by atoms with Crippen LogP contribution in [0.25, 0.3) is 0 Å². The number of alkyl halides is 2. The Morgan fingerprint density at radius 1 is 1.18 bits per heavy atom. The molecule has 3 atom stereocenters. The molecule has 2 N–H and O–H groups in total. The number of hydrogen-bond acceptors (Lipinski definition) is 5. The lowest BCUT2D eigenvalue weighted by Gasteiger charge is -2.33. The number of ether oxygens (including phenoxy) is 2. The molecule has 1 aromatic carbocycles. The Bertz CT molecular complexity index is 742. The molecule has 2 amide bonds. The van der Waals surface area contributed by atoms with Crippen molar-refractivity contribution in [3.05, 3.63) is 24.3 Å². The van der Waals surface area contributed by atoms with Gasteiger partial charge in [-0.05, 0) is 49.9 Å². The summed E-state index contributed by atoms with van der Waals surface area (Å²) >= 11 is 0. The fraction of sp³-hybridized carbons (Fsp3) is 0.500. The number of carboxylic acid groups (broad SMARTS) is 1. The molecule has 2 heterocycles. The number of piperidine rings is 1. The molecule has 2 aliphatic rings. The van der Waals surface area contributed by atoms with Crippen molar-refractivity contribution in [3.63, 3.8) is 0 Å². The molecule has 2 saturated heterocycles. The number of amides is 2. The minimum Gasteiger partial charge on any atom is -0.479 e. The van der Waals surface area contributed by atoms with E-state index in [0.717, 1.165) is 0 Å². The van der Waals surface area contributed by atoms with E-state index in [1.807, 2.05) is 0 Å². The maximum atomic E-state index is 12.7. The van der Waals surface area contributed by atoms with E-state index in [0.29, 0.717) is 25.1 Å². The standard InChI is InChI=1S/C18H20F2N2O6/c19-18(20)27-11-5-3-10(4-6-11)22-9-1-2-12(16(22)24)21-15(23)13-7-8-14(28-13)17(25)26/h3-6,12-14,18H,1-2,7-9H2,(H,21,23)(H,25,26)/t12?,13-,14+/m0/s1. The Balaban J connectivity index is 1.61. The van der Waals surface area contributed by atoms with Gasteiger partial charge in [0.1, 0.15) is 17.9 Å². The number of rotatable bonds is 6. The van der Waals surface area contributed by atoms with Crippen molar-refractivity contribution < 1.29 is 37.7 Å². The second kappa shape index (κ2) is 8.51. The summed E-state index contributed by atoms with van der Waals surface area (Å²) in [4.78, 5) is 37.5. The van der Waals surface area contributed by atoms with E-state index in [-0.39, 0.29) is 24.5 Å². The molecule has 0 bridgehead atoms. The summed E-state index contributed by atoms with van der Waals surface area (Å²) in [6.45, 7) is -2.50. The van der Waals surface area contributed by atoms with Gasteiger partial charge >= 0.3 is 12.6 Å². The van der Waals surface area contributed by atoms with Gasteiger partial charge in [-0.3, -0.25) is 9.59 Å². The van der Waals surface area contributed by atoms with E-state index >= 15 is 0 Å². The van der Waals surface area contributed by atoms with Crippen molar-refractivity contribution in [1.29, 1.82) is 0 Å². The molecule has 28 heavy (non-hydrogen) atoms. The SMILES string of the molecule is O=C(NC1CCCN(c2ccc(OC(F)F)cc2)C1=O)[C@@H]1CC[C@H](C(=O)O)O1. The molecule has 1 unspecified atom stereocenters. The number of halogens is 2. The third kappa shape index (κ3) is 4.56. The van der Waals surface area contributed by atoms with Gasteiger partial charge in [-0.25, -0.2) is 4.79 Å². The first-order valence-corrected chi connectivity index (χ1v) is 8.90. The van der Waals surface area contributed by atoms with E-state index in [1.54, 1.807) is 0 Å². The van der Waals surface area contributed by atoms with Gasteiger partial charge in [0.15, 0.2) is 6.10 Å². The molecule has 10 heteroatoms. The normalized spacial score (nSPS) is 25.0. The molecule has 0 aromatic heterocycles. The lowest BCUT2D eigenvalue weighted by molar-refractivity contribution is -0.152. The fourth-order valence-corrected chi connectivity index (χ4v) is 3.35. The van der Waals surface area contributed by atoms with Crippen LogP contribution in [-0.2, 0) is 19.1 Å². The highest BCUT2D eigenvalue weighted by atomic mass is 19.3. The highest BCUT2D eigenvalue weighted by Gasteiger charge is 2.37. The summed E-state index contributed by atoms with van der Waals surface area (Å²) in [5.74, 6) is -1.96. The van der Waals surface area contributed by atoms with Crippen molar-refractivity contribution >= 4 is 23.5 Å². The third-order valence-electron chi connectivity index (χ3n) is 4.72. The van der Waals surface area contributed by atoms with Crippen LogP contribution in [0.3, 0.4) is 0 Å². The number of nitrogens with one attached hydrogen (secondary N) is 1. The van der Waals surface area contributed by atoms with Crippen LogP contribution in [0.15, 0.2) is 24.3 Å². The van der Waals surface area contributed by atoms with Gasteiger partial charge in [-0.2, -0.15) is 8.78 Å². The predicted molar refractivity (Wildman–Crippen MR) is 92.1 cm³/mol. The summed E-state index contributed by atoms with van der Waals surface area (Å²) in [7, 11) is 0. The molecule has 2 aliphatic heterocycles. The lowest BCUT2D eigenvalue weighted by atomic mass is 10.0. The van der Waals surface area contributed by atoms with Gasteiger partial charge in [-0.1, -0.05) is 0 Å². The number of hydrogen-bond donors (Lipinski definition) is 2. The van der Waals surface area contributed by atoms with Gasteiger partial charge in [0, 0.05) is 12.2 Å². The fourth-order valence-electron chi connectivity index (χ4n) is 3.35. The first-order chi connectivity index (χ1) is 13.3. The van der Waals surface area contributed by atoms with Crippen LogP contribution in [0.2, 0.25) is 0 Å². The topological polar surface area (TPSA) is 105 Å². The molecule has 152 valence electrons.